The zero-order valence-corrected chi connectivity index (χ0v) is 11.5. The second-order valence-electron chi connectivity index (χ2n) is 4.93. The minimum Gasteiger partial charge on any atom is -0.333 e. The van der Waals surface area contributed by atoms with E-state index in [0.717, 1.165) is 6.42 Å². The van der Waals surface area contributed by atoms with Gasteiger partial charge in [-0.25, -0.2) is 0 Å². The van der Waals surface area contributed by atoms with E-state index in [1.165, 1.54) is 21.6 Å². The number of carbonyl (C=O) groups is 1. The average molecular weight is 244 g/mol. The van der Waals surface area contributed by atoms with Gasteiger partial charge < -0.3 is 4.90 Å². The van der Waals surface area contributed by atoms with Crippen molar-refractivity contribution < 1.29 is 4.79 Å². The summed E-state index contributed by atoms with van der Waals surface area (Å²) in [4.78, 5) is 12.6. The SMILES string of the molecule is Cc1ccc(C(C)C)cc1CCN(C)C(=O)C#N. The molecule has 3 heteroatoms. The summed E-state index contributed by atoms with van der Waals surface area (Å²) in [5.74, 6) is 0.0236. The number of aryl methyl sites for hydroxylation is 1. The minimum absolute atomic E-state index is 0.479. The lowest BCUT2D eigenvalue weighted by Crippen LogP contribution is -2.27. The highest BCUT2D eigenvalue weighted by Gasteiger charge is 2.09. The molecule has 1 aromatic rings. The molecule has 0 radical (unpaired) electrons. The molecule has 0 aliphatic carbocycles. The second-order valence-corrected chi connectivity index (χ2v) is 4.93. The van der Waals surface area contributed by atoms with E-state index in [1.807, 2.05) is 0 Å². The van der Waals surface area contributed by atoms with Crippen LogP contribution in [0.1, 0.15) is 36.5 Å². The van der Waals surface area contributed by atoms with Gasteiger partial charge in [-0.2, -0.15) is 5.26 Å². The molecular formula is C15H20N2O. The van der Waals surface area contributed by atoms with Crippen molar-refractivity contribution in [1.82, 2.24) is 4.90 Å². The van der Waals surface area contributed by atoms with Crippen molar-refractivity contribution in [2.75, 3.05) is 13.6 Å². The lowest BCUT2D eigenvalue weighted by atomic mass is 9.96. The monoisotopic (exact) mass is 244 g/mol. The smallest absolute Gasteiger partial charge is 0.324 e. The van der Waals surface area contributed by atoms with Crippen LogP contribution in [0.2, 0.25) is 0 Å². The van der Waals surface area contributed by atoms with E-state index in [2.05, 4.69) is 39.0 Å². The van der Waals surface area contributed by atoms with E-state index in [-0.39, 0.29) is 0 Å². The molecule has 3 nitrogen and oxygen atoms in total. The Kier molecular flexibility index (Phi) is 4.91. The number of carbonyl (C=O) groups excluding carboxylic acids is 1. The summed E-state index contributed by atoms with van der Waals surface area (Å²) >= 11 is 0. The topological polar surface area (TPSA) is 44.1 Å². The third kappa shape index (κ3) is 3.59. The van der Waals surface area contributed by atoms with Crippen LogP contribution in [0.4, 0.5) is 0 Å². The molecule has 0 fully saturated rings. The molecule has 96 valence electrons. The molecule has 1 rings (SSSR count). The standard InChI is InChI=1S/C15H20N2O/c1-11(2)13-6-5-12(3)14(9-13)7-8-17(4)15(18)10-16/h5-6,9,11H,7-8H2,1-4H3. The van der Waals surface area contributed by atoms with Crippen molar-refractivity contribution in [1.29, 1.82) is 5.26 Å². The summed E-state index contributed by atoms with van der Waals surface area (Å²) in [5.41, 5.74) is 3.79. The highest BCUT2D eigenvalue weighted by atomic mass is 16.2. The molecule has 0 aliphatic heterocycles. The fourth-order valence-electron chi connectivity index (χ4n) is 1.79. The summed E-state index contributed by atoms with van der Waals surface area (Å²) in [5, 5.41) is 8.53. The summed E-state index contributed by atoms with van der Waals surface area (Å²) in [7, 11) is 1.66. The van der Waals surface area contributed by atoms with Gasteiger partial charge in [0.1, 0.15) is 0 Å². The number of benzene rings is 1. The molecule has 0 bridgehead atoms. The normalized spacial score (nSPS) is 10.2. The van der Waals surface area contributed by atoms with Gasteiger partial charge in [0.15, 0.2) is 6.07 Å². The van der Waals surface area contributed by atoms with Gasteiger partial charge in [-0.15, -0.1) is 0 Å². The van der Waals surface area contributed by atoms with Crippen molar-refractivity contribution in [2.45, 2.75) is 33.1 Å². The van der Waals surface area contributed by atoms with Crippen LogP contribution in [-0.4, -0.2) is 24.4 Å². The Balaban J connectivity index is 2.76. The summed E-state index contributed by atoms with van der Waals surface area (Å²) < 4.78 is 0. The molecule has 0 atom stereocenters. The van der Waals surface area contributed by atoms with Gasteiger partial charge >= 0.3 is 5.91 Å². The first-order chi connectivity index (χ1) is 8.45. The summed E-state index contributed by atoms with van der Waals surface area (Å²) in [6.07, 6.45) is 0.788. The Morgan fingerprint density at radius 3 is 2.67 bits per heavy atom. The van der Waals surface area contributed by atoms with Gasteiger partial charge in [-0.3, -0.25) is 4.79 Å². The van der Waals surface area contributed by atoms with Crippen LogP contribution in [0.3, 0.4) is 0 Å². The van der Waals surface area contributed by atoms with Crippen molar-refractivity contribution in [2.24, 2.45) is 0 Å². The Hall–Kier alpha value is -1.82. The highest BCUT2D eigenvalue weighted by molar-refractivity contribution is 5.90. The number of hydrogen-bond donors (Lipinski definition) is 0. The first-order valence-electron chi connectivity index (χ1n) is 6.20. The molecule has 0 saturated carbocycles. The van der Waals surface area contributed by atoms with Crippen LogP contribution in [0, 0.1) is 18.3 Å². The molecule has 0 aliphatic rings. The van der Waals surface area contributed by atoms with E-state index < -0.39 is 5.91 Å². The molecule has 0 saturated heterocycles. The van der Waals surface area contributed by atoms with Gasteiger partial charge in [0.05, 0.1) is 0 Å². The van der Waals surface area contributed by atoms with Crippen LogP contribution in [0.15, 0.2) is 18.2 Å². The molecular weight excluding hydrogens is 224 g/mol. The molecule has 18 heavy (non-hydrogen) atoms. The van der Waals surface area contributed by atoms with E-state index in [0.29, 0.717) is 12.5 Å². The van der Waals surface area contributed by atoms with Gasteiger partial charge in [0, 0.05) is 13.6 Å². The van der Waals surface area contributed by atoms with Crippen molar-refractivity contribution in [3.63, 3.8) is 0 Å². The Bertz CT molecular complexity index is 472. The van der Waals surface area contributed by atoms with Crippen LogP contribution in [0.25, 0.3) is 0 Å². The molecule has 1 amide bonds. The molecule has 0 N–H and O–H groups in total. The van der Waals surface area contributed by atoms with Crippen molar-refractivity contribution in [3.05, 3.63) is 34.9 Å². The first kappa shape index (κ1) is 14.2. The highest BCUT2D eigenvalue weighted by Crippen LogP contribution is 2.19. The van der Waals surface area contributed by atoms with Crippen LogP contribution < -0.4 is 0 Å². The van der Waals surface area contributed by atoms with Gasteiger partial charge in [0.25, 0.3) is 0 Å². The Labute approximate surface area is 109 Å². The van der Waals surface area contributed by atoms with Crippen molar-refractivity contribution in [3.8, 4) is 6.07 Å². The minimum atomic E-state index is -0.479. The molecule has 0 unspecified atom stereocenters. The molecule has 0 heterocycles. The van der Waals surface area contributed by atoms with E-state index in [9.17, 15) is 4.79 Å². The average Bonchev–Trinajstić information content (AvgIpc) is 2.36. The number of nitriles is 1. The lowest BCUT2D eigenvalue weighted by Gasteiger charge is -2.15. The van der Waals surface area contributed by atoms with Gasteiger partial charge in [-0.05, 0) is 36.0 Å². The number of rotatable bonds is 4. The third-order valence-electron chi connectivity index (χ3n) is 3.20. The lowest BCUT2D eigenvalue weighted by molar-refractivity contribution is -0.124. The number of likely N-dealkylation sites (N-methyl/N-ethyl adjacent to an activating group) is 1. The maximum absolute atomic E-state index is 11.2. The first-order valence-corrected chi connectivity index (χ1v) is 6.20. The predicted molar refractivity (Wildman–Crippen MR) is 72.2 cm³/mol. The van der Waals surface area contributed by atoms with E-state index in [1.54, 1.807) is 13.1 Å². The molecule has 1 aromatic carbocycles. The Morgan fingerprint density at radius 1 is 1.44 bits per heavy atom. The van der Waals surface area contributed by atoms with Crippen LogP contribution in [-0.2, 0) is 11.2 Å². The summed E-state index contributed by atoms with van der Waals surface area (Å²) in [6.45, 7) is 6.99. The molecule has 0 aromatic heterocycles. The van der Waals surface area contributed by atoms with Gasteiger partial charge in [0.2, 0.25) is 0 Å². The number of nitrogens with zero attached hydrogens (tertiary/aromatic N) is 2. The third-order valence-corrected chi connectivity index (χ3v) is 3.20. The van der Waals surface area contributed by atoms with Gasteiger partial charge in [-0.1, -0.05) is 32.0 Å². The number of amides is 1. The zero-order chi connectivity index (χ0) is 13.7. The largest absolute Gasteiger partial charge is 0.333 e. The number of hydrogen-bond acceptors (Lipinski definition) is 2. The zero-order valence-electron chi connectivity index (χ0n) is 11.5. The maximum atomic E-state index is 11.2. The summed E-state index contributed by atoms with van der Waals surface area (Å²) in [6, 6.07) is 8.10. The predicted octanol–water partition coefficient (Wildman–Crippen LogP) is 2.64. The van der Waals surface area contributed by atoms with E-state index in [4.69, 9.17) is 5.26 Å². The van der Waals surface area contributed by atoms with Crippen molar-refractivity contribution >= 4 is 5.91 Å². The Morgan fingerprint density at radius 2 is 2.11 bits per heavy atom. The fraction of sp³-hybridized carbons (Fsp3) is 0.467. The molecule has 0 spiro atoms. The second kappa shape index (κ2) is 6.20. The fourth-order valence-corrected chi connectivity index (χ4v) is 1.79. The maximum Gasteiger partial charge on any atom is 0.324 e. The quantitative estimate of drug-likeness (QED) is 0.764. The van der Waals surface area contributed by atoms with Crippen LogP contribution in [0.5, 0.6) is 0 Å². The van der Waals surface area contributed by atoms with Crippen LogP contribution >= 0.6 is 0 Å². The van der Waals surface area contributed by atoms with E-state index >= 15 is 0 Å².